The quantitative estimate of drug-likeness (QED) is 0.173. The van der Waals surface area contributed by atoms with Crippen molar-refractivity contribution in [2.45, 2.75) is 24.9 Å². The molecule has 0 amide bonds. The number of furan rings is 2. The lowest BCUT2D eigenvalue weighted by Gasteiger charge is -2.29. The first kappa shape index (κ1) is 34.1. The fourth-order valence-electron chi connectivity index (χ4n) is 9.93. The van der Waals surface area contributed by atoms with Gasteiger partial charge in [0, 0.05) is 43.8 Å². The first-order valence-electron chi connectivity index (χ1n) is 20.9. The van der Waals surface area contributed by atoms with Crippen LogP contribution in [0.15, 0.2) is 190 Å². The van der Waals surface area contributed by atoms with Crippen LogP contribution in [0.4, 0.5) is 0 Å². The Balaban J connectivity index is 1.02. The number of aromatic nitrogens is 3. The Morgan fingerprint density at radius 2 is 1.11 bits per heavy atom. The van der Waals surface area contributed by atoms with Gasteiger partial charge < -0.3 is 13.6 Å². The number of rotatable bonds is 5. The fraction of sp³-hybridized carbons (Fsp3) is 0.0727. The smallest absolute Gasteiger partial charge is 0.164 e. The van der Waals surface area contributed by atoms with Crippen molar-refractivity contribution in [3.8, 4) is 28.5 Å². The van der Waals surface area contributed by atoms with E-state index in [2.05, 4.69) is 127 Å². The zero-order valence-electron chi connectivity index (χ0n) is 32.9. The molecule has 288 valence electrons. The average molecular weight is 786 g/mol. The summed E-state index contributed by atoms with van der Waals surface area (Å²) < 4.78 is 19.5. The minimum Gasteiger partial charge on any atom is -0.485 e. The minimum atomic E-state index is -0.158. The Hall–Kier alpha value is -7.83. The van der Waals surface area contributed by atoms with Crippen molar-refractivity contribution >= 4 is 60.6 Å². The van der Waals surface area contributed by atoms with Crippen molar-refractivity contribution < 1.29 is 13.6 Å². The molecule has 10 aromatic rings. The van der Waals surface area contributed by atoms with Crippen LogP contribution in [0.5, 0.6) is 5.75 Å². The Bertz CT molecular complexity index is 3650. The van der Waals surface area contributed by atoms with E-state index in [4.69, 9.17) is 28.5 Å². The molecular formula is C55H35N3O3. The SMILES string of the molecule is C1=C(c2cccc3oc4ccccc4c23)C=C(C2=c3ccccc3=C(c3nc(-c4ccccc4)nc(-c4ccc5c(c4)oc4ccccc45)n3)CC2)C2c3ccccc3OC12. The molecule has 2 aliphatic carbocycles. The highest BCUT2D eigenvalue weighted by molar-refractivity contribution is 6.11. The summed E-state index contributed by atoms with van der Waals surface area (Å²) in [7, 11) is 0. The molecule has 7 aromatic carbocycles. The largest absolute Gasteiger partial charge is 0.485 e. The summed E-state index contributed by atoms with van der Waals surface area (Å²) in [4.78, 5) is 15.6. The average Bonchev–Trinajstić information content (AvgIpc) is 4.02. The van der Waals surface area contributed by atoms with Crippen LogP contribution in [0.1, 0.15) is 35.7 Å². The maximum Gasteiger partial charge on any atom is 0.164 e. The molecule has 0 spiro atoms. The predicted octanol–water partition coefficient (Wildman–Crippen LogP) is 11.7. The van der Waals surface area contributed by atoms with Gasteiger partial charge in [0.25, 0.3) is 0 Å². The van der Waals surface area contributed by atoms with Crippen LogP contribution in [-0.2, 0) is 0 Å². The van der Waals surface area contributed by atoms with E-state index in [0.29, 0.717) is 17.5 Å². The highest BCUT2D eigenvalue weighted by Crippen LogP contribution is 2.51. The van der Waals surface area contributed by atoms with Crippen molar-refractivity contribution in [3.05, 3.63) is 209 Å². The van der Waals surface area contributed by atoms with Crippen molar-refractivity contribution in [2.24, 2.45) is 0 Å². The van der Waals surface area contributed by atoms with Crippen LogP contribution in [0.25, 0.3) is 83.4 Å². The molecule has 1 aliphatic heterocycles. The summed E-state index contributed by atoms with van der Waals surface area (Å²) in [6.07, 6.45) is 6.14. The molecule has 0 fully saturated rings. The third-order valence-corrected chi connectivity index (χ3v) is 12.7. The highest BCUT2D eigenvalue weighted by atomic mass is 16.5. The number of allylic oxidation sites excluding steroid dienone is 2. The number of hydrogen-bond acceptors (Lipinski definition) is 6. The first-order valence-corrected chi connectivity index (χ1v) is 20.9. The van der Waals surface area contributed by atoms with E-state index in [1.807, 2.05) is 48.5 Å². The van der Waals surface area contributed by atoms with Crippen LogP contribution in [0.3, 0.4) is 0 Å². The van der Waals surface area contributed by atoms with Gasteiger partial charge in [-0.05, 0) is 88.0 Å². The molecule has 6 nitrogen and oxygen atoms in total. The first-order chi connectivity index (χ1) is 30.2. The van der Waals surface area contributed by atoms with Crippen molar-refractivity contribution in [2.75, 3.05) is 0 Å². The molecule has 3 aromatic heterocycles. The number of benzene rings is 7. The summed E-state index contributed by atoms with van der Waals surface area (Å²) >= 11 is 0. The molecule has 0 bridgehead atoms. The van der Waals surface area contributed by atoms with Gasteiger partial charge in [-0.3, -0.25) is 0 Å². The maximum absolute atomic E-state index is 6.80. The fourth-order valence-corrected chi connectivity index (χ4v) is 9.93. The molecular weight excluding hydrogens is 751 g/mol. The van der Waals surface area contributed by atoms with Crippen molar-refractivity contribution in [1.29, 1.82) is 0 Å². The molecule has 0 saturated heterocycles. The summed E-state index contributed by atoms with van der Waals surface area (Å²) in [6, 6.07) is 56.5. The molecule has 61 heavy (non-hydrogen) atoms. The van der Waals surface area contributed by atoms with Gasteiger partial charge in [-0.2, -0.15) is 0 Å². The Labute approximate surface area is 350 Å². The number of para-hydroxylation sites is 3. The van der Waals surface area contributed by atoms with Crippen molar-refractivity contribution in [3.63, 3.8) is 0 Å². The molecule has 0 saturated carbocycles. The van der Waals surface area contributed by atoms with Gasteiger partial charge in [-0.15, -0.1) is 0 Å². The van der Waals surface area contributed by atoms with Crippen LogP contribution in [0.2, 0.25) is 0 Å². The van der Waals surface area contributed by atoms with Gasteiger partial charge in [-0.1, -0.05) is 133 Å². The van der Waals surface area contributed by atoms with E-state index in [1.165, 1.54) is 21.9 Å². The number of hydrogen-bond donors (Lipinski definition) is 0. The summed E-state index contributed by atoms with van der Waals surface area (Å²) in [5.41, 5.74) is 12.4. The monoisotopic (exact) mass is 785 g/mol. The van der Waals surface area contributed by atoms with Gasteiger partial charge in [0.15, 0.2) is 17.5 Å². The summed E-state index contributed by atoms with van der Waals surface area (Å²) in [5.74, 6) is 2.92. The molecule has 0 N–H and O–H groups in total. The van der Waals surface area contributed by atoms with Crippen LogP contribution in [-0.4, -0.2) is 21.1 Å². The molecule has 6 heteroatoms. The number of fused-ring (bicyclic) bond motifs is 10. The van der Waals surface area contributed by atoms with Crippen LogP contribution < -0.4 is 15.2 Å². The molecule has 0 radical (unpaired) electrons. The van der Waals surface area contributed by atoms with Gasteiger partial charge >= 0.3 is 0 Å². The van der Waals surface area contributed by atoms with E-state index in [1.54, 1.807) is 0 Å². The number of ether oxygens (including phenoxy) is 1. The van der Waals surface area contributed by atoms with Gasteiger partial charge in [0.1, 0.15) is 34.2 Å². The maximum atomic E-state index is 6.80. The molecule has 3 aliphatic rings. The minimum absolute atomic E-state index is 0.0477. The van der Waals surface area contributed by atoms with Gasteiger partial charge in [0.2, 0.25) is 0 Å². The lowest BCUT2D eigenvalue weighted by molar-refractivity contribution is 0.267. The third-order valence-electron chi connectivity index (χ3n) is 12.7. The number of nitrogens with zero attached hydrogens (tertiary/aromatic N) is 3. The summed E-state index contributed by atoms with van der Waals surface area (Å²) in [6.45, 7) is 0. The standard InChI is InChI=1S/C55H35N3O3/c1-2-13-32(14-3-1)53-56-54(33-25-26-40-39-17-6-9-21-45(39)60-49(40)30-33)58-55(57-53)41-28-27-38(36-15-4-5-16-37(36)41)44-29-34(31-50-52(44)43-19-8-11-23-47(43)61-50)35-20-12-24-48-51(35)42-18-7-10-22-46(42)59-48/h1-26,29-31,50,52H,27-28H2. The van der Waals surface area contributed by atoms with E-state index >= 15 is 0 Å². The Morgan fingerprint density at radius 1 is 0.475 bits per heavy atom. The molecule has 4 heterocycles. The van der Waals surface area contributed by atoms with Crippen molar-refractivity contribution in [1.82, 2.24) is 15.0 Å². The third kappa shape index (κ3) is 5.38. The Kier molecular flexibility index (Phi) is 7.45. The van der Waals surface area contributed by atoms with E-state index in [9.17, 15) is 0 Å². The summed E-state index contributed by atoms with van der Waals surface area (Å²) in [5, 5.41) is 6.72. The van der Waals surface area contributed by atoms with E-state index in [0.717, 1.165) is 95.5 Å². The molecule has 13 rings (SSSR count). The second kappa shape index (κ2) is 13.3. The zero-order valence-corrected chi connectivity index (χ0v) is 32.9. The zero-order chi connectivity index (χ0) is 40.0. The molecule has 2 unspecified atom stereocenters. The van der Waals surface area contributed by atoms with Crippen LogP contribution in [0, 0.1) is 0 Å². The second-order valence-electron chi connectivity index (χ2n) is 16.1. The lowest BCUT2D eigenvalue weighted by Crippen LogP contribution is -2.35. The lowest BCUT2D eigenvalue weighted by atomic mass is 9.75. The topological polar surface area (TPSA) is 74.2 Å². The highest BCUT2D eigenvalue weighted by Gasteiger charge is 2.40. The molecule has 2 atom stereocenters. The Morgan fingerprint density at radius 3 is 1.98 bits per heavy atom. The predicted molar refractivity (Wildman–Crippen MR) is 242 cm³/mol. The second-order valence-corrected chi connectivity index (χ2v) is 16.1. The van der Waals surface area contributed by atoms with Crippen LogP contribution >= 0.6 is 0 Å². The van der Waals surface area contributed by atoms with Gasteiger partial charge in [0.05, 0.1) is 5.92 Å². The van der Waals surface area contributed by atoms with E-state index in [-0.39, 0.29) is 12.0 Å². The van der Waals surface area contributed by atoms with Gasteiger partial charge in [-0.25, -0.2) is 15.0 Å². The van der Waals surface area contributed by atoms with E-state index < -0.39 is 0 Å². The normalized spacial score (nSPS) is 17.0.